The second-order valence-electron chi connectivity index (χ2n) is 6.74. The molecule has 1 atom stereocenters. The molecule has 0 saturated carbocycles. The van der Waals surface area contributed by atoms with Gasteiger partial charge in [-0.05, 0) is 11.5 Å². The number of hydrogen-bond acceptors (Lipinski definition) is 6. The molecule has 1 heterocycles. The van der Waals surface area contributed by atoms with Crippen molar-refractivity contribution in [2.24, 2.45) is 5.41 Å². The van der Waals surface area contributed by atoms with Gasteiger partial charge in [0.15, 0.2) is 0 Å². The molecule has 7 nitrogen and oxygen atoms in total. The van der Waals surface area contributed by atoms with Gasteiger partial charge in [0.1, 0.15) is 0 Å². The summed E-state index contributed by atoms with van der Waals surface area (Å²) in [6.07, 6.45) is 0. The summed E-state index contributed by atoms with van der Waals surface area (Å²) in [7, 11) is -3.77. The number of benzene rings is 1. The van der Waals surface area contributed by atoms with Crippen molar-refractivity contribution in [1.29, 1.82) is 0 Å². The van der Waals surface area contributed by atoms with Crippen molar-refractivity contribution in [1.82, 2.24) is 14.9 Å². The summed E-state index contributed by atoms with van der Waals surface area (Å²) in [5.41, 5.74) is 0.439. The maximum atomic E-state index is 12.3. The Labute approximate surface area is 151 Å². The average Bonchev–Trinajstić information content (AvgIpc) is 3.02. The lowest BCUT2D eigenvalue weighted by Crippen LogP contribution is -2.27. The number of carbonyl (C=O) groups excluding carboxylic acids is 1. The Bertz CT molecular complexity index is 827. The smallest absolute Gasteiger partial charge is 0.269 e. The van der Waals surface area contributed by atoms with E-state index in [0.29, 0.717) is 0 Å². The van der Waals surface area contributed by atoms with Crippen LogP contribution >= 0.6 is 11.3 Å². The van der Waals surface area contributed by atoms with E-state index < -0.39 is 15.4 Å². The van der Waals surface area contributed by atoms with Crippen molar-refractivity contribution in [2.45, 2.75) is 38.0 Å². The molecule has 0 bridgehead atoms. The lowest BCUT2D eigenvalue weighted by molar-refractivity contribution is -0.123. The Balaban J connectivity index is 2.02. The van der Waals surface area contributed by atoms with E-state index in [2.05, 4.69) is 20.2 Å². The van der Waals surface area contributed by atoms with Crippen LogP contribution < -0.4 is 10.0 Å². The van der Waals surface area contributed by atoms with Crippen LogP contribution in [0.5, 0.6) is 0 Å². The number of hydrogen-bond donors (Lipinski definition) is 2. The summed E-state index contributed by atoms with van der Waals surface area (Å²) in [6, 6.07) is 9.63. The maximum Gasteiger partial charge on any atom is 0.269 e. The van der Waals surface area contributed by atoms with Gasteiger partial charge in [0.2, 0.25) is 15.4 Å². The summed E-state index contributed by atoms with van der Waals surface area (Å²) >= 11 is 0.827. The average molecular weight is 383 g/mol. The van der Waals surface area contributed by atoms with Crippen molar-refractivity contribution in [3.05, 3.63) is 35.9 Å². The van der Waals surface area contributed by atoms with Crippen LogP contribution in [0.3, 0.4) is 0 Å². The van der Waals surface area contributed by atoms with Crippen LogP contribution in [0.15, 0.2) is 34.7 Å². The van der Waals surface area contributed by atoms with Gasteiger partial charge in [-0.15, -0.1) is 10.2 Å². The van der Waals surface area contributed by atoms with Crippen molar-refractivity contribution in [3.63, 3.8) is 0 Å². The zero-order valence-electron chi connectivity index (χ0n) is 14.6. The first-order valence-electron chi connectivity index (χ1n) is 7.79. The van der Waals surface area contributed by atoms with Crippen molar-refractivity contribution >= 4 is 32.4 Å². The van der Waals surface area contributed by atoms with Crippen LogP contribution in [-0.2, 0) is 14.8 Å². The van der Waals surface area contributed by atoms with Crippen LogP contribution in [0, 0.1) is 5.41 Å². The standard InChI is InChI=1S/C16H22N4O3S2/c1-11(12-8-6-5-7-9-12)10-17-25(22,23)15-20-19-14(24-15)18-13(21)16(2,3)4/h5-9,11,17H,10H2,1-4H3,(H,18,19,21). The highest BCUT2D eigenvalue weighted by atomic mass is 32.2. The summed E-state index contributed by atoms with van der Waals surface area (Å²) in [6.45, 7) is 7.46. The number of aromatic nitrogens is 2. The van der Waals surface area contributed by atoms with Crippen LogP contribution in [0.25, 0.3) is 0 Å². The zero-order chi connectivity index (χ0) is 18.7. The van der Waals surface area contributed by atoms with Crippen LogP contribution in [0.1, 0.15) is 39.2 Å². The molecule has 136 valence electrons. The van der Waals surface area contributed by atoms with Crippen molar-refractivity contribution in [2.75, 3.05) is 11.9 Å². The summed E-state index contributed by atoms with van der Waals surface area (Å²) < 4.78 is 27.1. The van der Waals surface area contributed by atoms with E-state index in [4.69, 9.17) is 0 Å². The largest absolute Gasteiger partial charge is 0.300 e. The van der Waals surface area contributed by atoms with Gasteiger partial charge in [0.25, 0.3) is 10.0 Å². The molecule has 2 aromatic rings. The fourth-order valence-corrected chi connectivity index (χ4v) is 3.92. The van der Waals surface area contributed by atoms with Gasteiger partial charge >= 0.3 is 0 Å². The maximum absolute atomic E-state index is 12.3. The molecule has 9 heteroatoms. The molecule has 0 radical (unpaired) electrons. The highest BCUT2D eigenvalue weighted by Crippen LogP contribution is 2.23. The lowest BCUT2D eigenvalue weighted by atomic mass is 9.96. The Kier molecular flexibility index (Phi) is 5.91. The molecule has 0 spiro atoms. The number of nitrogens with zero attached hydrogens (tertiary/aromatic N) is 2. The van der Waals surface area contributed by atoms with Gasteiger partial charge in [-0.2, -0.15) is 0 Å². The molecule has 1 unspecified atom stereocenters. The van der Waals surface area contributed by atoms with E-state index in [9.17, 15) is 13.2 Å². The third kappa shape index (κ3) is 5.32. The molecule has 0 aliphatic rings. The molecule has 1 amide bonds. The van der Waals surface area contributed by atoms with E-state index in [1.54, 1.807) is 20.8 Å². The molecule has 0 aliphatic heterocycles. The minimum Gasteiger partial charge on any atom is -0.300 e. The third-order valence-electron chi connectivity index (χ3n) is 3.49. The van der Waals surface area contributed by atoms with Gasteiger partial charge in [-0.25, -0.2) is 13.1 Å². The van der Waals surface area contributed by atoms with Gasteiger partial charge < -0.3 is 5.32 Å². The number of amides is 1. The van der Waals surface area contributed by atoms with Gasteiger partial charge in [0, 0.05) is 12.0 Å². The van der Waals surface area contributed by atoms with Crippen LogP contribution in [-0.4, -0.2) is 31.1 Å². The van der Waals surface area contributed by atoms with Crippen LogP contribution in [0.2, 0.25) is 0 Å². The van der Waals surface area contributed by atoms with E-state index in [0.717, 1.165) is 16.9 Å². The van der Waals surface area contributed by atoms with Gasteiger partial charge in [0.05, 0.1) is 0 Å². The highest BCUT2D eigenvalue weighted by molar-refractivity contribution is 7.91. The molecule has 2 rings (SSSR count). The first-order valence-corrected chi connectivity index (χ1v) is 10.1. The van der Waals surface area contributed by atoms with Gasteiger partial charge in [-0.3, -0.25) is 4.79 Å². The van der Waals surface area contributed by atoms with E-state index >= 15 is 0 Å². The number of carbonyl (C=O) groups is 1. The Morgan fingerprint density at radius 1 is 1.20 bits per heavy atom. The molecule has 0 saturated heterocycles. The number of rotatable bonds is 6. The molecule has 25 heavy (non-hydrogen) atoms. The third-order valence-corrected chi connectivity index (χ3v) is 6.12. The predicted octanol–water partition coefficient (Wildman–Crippen LogP) is 2.60. The Morgan fingerprint density at radius 3 is 2.44 bits per heavy atom. The number of sulfonamides is 1. The Morgan fingerprint density at radius 2 is 1.84 bits per heavy atom. The Hall–Kier alpha value is -1.84. The number of nitrogens with one attached hydrogen (secondary N) is 2. The normalized spacial score (nSPS) is 13.4. The first kappa shape index (κ1) is 19.5. The molecular weight excluding hydrogens is 360 g/mol. The van der Waals surface area contributed by atoms with Crippen LogP contribution in [0.4, 0.5) is 5.13 Å². The van der Waals surface area contributed by atoms with E-state index in [-0.39, 0.29) is 27.8 Å². The lowest BCUT2D eigenvalue weighted by Gasteiger charge is -2.15. The van der Waals surface area contributed by atoms with E-state index in [1.807, 2.05) is 37.3 Å². The minimum atomic E-state index is -3.77. The molecule has 1 aromatic carbocycles. The summed E-state index contributed by atoms with van der Waals surface area (Å²) in [5, 5.41) is 10.2. The van der Waals surface area contributed by atoms with Gasteiger partial charge in [-0.1, -0.05) is 69.4 Å². The topological polar surface area (TPSA) is 101 Å². The van der Waals surface area contributed by atoms with E-state index in [1.165, 1.54) is 0 Å². The fraction of sp³-hybridized carbons (Fsp3) is 0.438. The fourth-order valence-electron chi connectivity index (χ4n) is 1.85. The van der Waals surface area contributed by atoms with Crippen molar-refractivity contribution in [3.8, 4) is 0 Å². The molecular formula is C16H22N4O3S2. The minimum absolute atomic E-state index is 0.0176. The first-order chi connectivity index (χ1) is 11.6. The summed E-state index contributed by atoms with van der Waals surface area (Å²) in [5.74, 6) is -0.234. The molecule has 1 aromatic heterocycles. The summed E-state index contributed by atoms with van der Waals surface area (Å²) in [4.78, 5) is 11.9. The SMILES string of the molecule is CC(CNS(=O)(=O)c1nnc(NC(=O)C(C)(C)C)s1)c1ccccc1. The second kappa shape index (κ2) is 7.59. The molecule has 0 aliphatic carbocycles. The number of anilines is 1. The second-order valence-corrected chi connectivity index (χ2v) is 9.66. The predicted molar refractivity (Wildman–Crippen MR) is 98.0 cm³/mol. The highest BCUT2D eigenvalue weighted by Gasteiger charge is 2.25. The monoisotopic (exact) mass is 382 g/mol. The molecule has 0 fully saturated rings. The zero-order valence-corrected chi connectivity index (χ0v) is 16.2. The molecule has 2 N–H and O–H groups in total. The van der Waals surface area contributed by atoms with Crippen molar-refractivity contribution < 1.29 is 13.2 Å². The quantitative estimate of drug-likeness (QED) is 0.748.